The number of nitrogens with two attached hydrogens (primary N) is 1. The molecule has 0 aromatic carbocycles. The minimum absolute atomic E-state index is 0.448. The standard InChI is InChI=1S/C49H84INO33/c1-13-16(4)72-22(10-56)36(27(13)61)78-43-14(2)28(62)38(23(11-57)76-43)80-46-35(69)41(32(66)21(9-55)74-46)81-47-42(33(67)31(65)20(8-54)75-47)82-44-15(3)29(63)37(24(12-58)77-44)79-45-34(68)39(25(50)19(7-53)73-45)83-49(48(70)71)5-17(59)26(51)40(84-49)30(64)18(60)6-52/h13-47,52-69H,5-12,51H2,1-4H3,(H,70,71)/t13-,14+,15+,16+,17-,18?,19?,20-,21?,22?,23?,24?,25+,26-,27?,28?,29?,30?,31-,32-,33?,34+,35?,36-,37+,38-,39?,40?,41+,42?,43+,44+,45+,46+,47-,49-/m1/s1. The number of hydrogen-bond donors (Lipinski definition) is 20. The predicted octanol–water partition coefficient (Wildman–Crippen LogP) is -10.8. The van der Waals surface area contributed by atoms with Crippen LogP contribution >= 0.6 is 22.6 Å². The zero-order chi connectivity index (χ0) is 62.1. The van der Waals surface area contributed by atoms with Crippen molar-refractivity contribution in [3.63, 3.8) is 0 Å². The van der Waals surface area contributed by atoms with Crippen LogP contribution in [0, 0.1) is 17.8 Å². The fourth-order valence-corrected chi connectivity index (χ4v) is 12.4. The Morgan fingerprint density at radius 1 is 0.500 bits per heavy atom. The van der Waals surface area contributed by atoms with Gasteiger partial charge in [-0.2, -0.15) is 0 Å². The number of carbonyl (C=O) groups is 1. The maximum absolute atomic E-state index is 12.9. The highest BCUT2D eigenvalue weighted by Crippen LogP contribution is 2.42. The highest BCUT2D eigenvalue weighted by atomic mass is 127. The average Bonchev–Trinajstić information content (AvgIpc) is 3.49. The third kappa shape index (κ3) is 14.3. The zero-order valence-corrected chi connectivity index (χ0v) is 48.2. The molecule has 7 fully saturated rings. The molecule has 34 nitrogen and oxygen atoms in total. The molecule has 0 spiro atoms. The summed E-state index contributed by atoms with van der Waals surface area (Å²) >= 11 is 1.67. The first-order chi connectivity index (χ1) is 39.7. The molecule has 0 aromatic rings. The van der Waals surface area contributed by atoms with Crippen LogP contribution in [0.5, 0.6) is 0 Å². The maximum Gasteiger partial charge on any atom is 0.364 e. The van der Waals surface area contributed by atoms with Crippen LogP contribution in [0.2, 0.25) is 0 Å². The first kappa shape index (κ1) is 70.4. The van der Waals surface area contributed by atoms with Gasteiger partial charge in [0.2, 0.25) is 0 Å². The molecule has 0 bridgehead atoms. The van der Waals surface area contributed by atoms with E-state index in [4.69, 9.17) is 67.3 Å². The van der Waals surface area contributed by atoms with Crippen molar-refractivity contribution in [3.8, 4) is 0 Å². The smallest absolute Gasteiger partial charge is 0.364 e. The Balaban J connectivity index is 1.07. The molecule has 490 valence electrons. The Morgan fingerprint density at radius 2 is 0.905 bits per heavy atom. The fourth-order valence-electron chi connectivity index (χ4n) is 11.4. The molecule has 7 aliphatic heterocycles. The molecule has 0 radical (unpaired) electrons. The second-order valence-corrected chi connectivity index (χ2v) is 23.9. The van der Waals surface area contributed by atoms with Gasteiger partial charge in [-0.1, -0.05) is 43.4 Å². The topological polar surface area (TPSA) is 547 Å². The van der Waals surface area contributed by atoms with Gasteiger partial charge in [-0.05, 0) is 6.92 Å². The van der Waals surface area contributed by atoms with E-state index in [1.807, 2.05) is 0 Å². The van der Waals surface area contributed by atoms with Gasteiger partial charge in [0.05, 0.1) is 92.8 Å². The van der Waals surface area contributed by atoms with E-state index in [-0.39, 0.29) is 0 Å². The summed E-state index contributed by atoms with van der Waals surface area (Å²) in [4.78, 5) is 12.9. The van der Waals surface area contributed by atoms with Gasteiger partial charge in [-0.15, -0.1) is 0 Å². The fraction of sp³-hybridized carbons (Fsp3) is 0.980. The van der Waals surface area contributed by atoms with Crippen molar-refractivity contribution in [2.75, 3.05) is 46.2 Å². The molecule has 15 unspecified atom stereocenters. The van der Waals surface area contributed by atoms with Crippen LogP contribution in [0.1, 0.15) is 34.1 Å². The largest absolute Gasteiger partial charge is 0.477 e. The third-order valence-electron chi connectivity index (χ3n) is 16.9. The summed E-state index contributed by atoms with van der Waals surface area (Å²) in [6, 6.07) is -1.53. The number of hydrogen-bond acceptors (Lipinski definition) is 33. The number of aliphatic hydroxyl groups excluding tert-OH is 18. The summed E-state index contributed by atoms with van der Waals surface area (Å²) < 4.78 is 76.0. The van der Waals surface area contributed by atoms with E-state index in [0.717, 1.165) is 0 Å². The molecule has 7 saturated heterocycles. The minimum Gasteiger partial charge on any atom is -0.477 e. The Morgan fingerprint density at radius 3 is 1.39 bits per heavy atom. The van der Waals surface area contributed by atoms with Gasteiger partial charge in [0, 0.05) is 24.2 Å². The third-order valence-corrected chi connectivity index (χ3v) is 18.5. The summed E-state index contributed by atoms with van der Waals surface area (Å²) in [6.07, 6.45) is -51.6. The number of alkyl halides is 1. The highest BCUT2D eigenvalue weighted by molar-refractivity contribution is 14.1. The lowest BCUT2D eigenvalue weighted by molar-refractivity contribution is -0.399. The van der Waals surface area contributed by atoms with Gasteiger partial charge in [-0.25, -0.2) is 4.79 Å². The Hall–Kier alpha value is -1.08. The molecule has 35 heteroatoms. The van der Waals surface area contributed by atoms with E-state index in [2.05, 4.69) is 0 Å². The second-order valence-electron chi connectivity index (χ2n) is 22.5. The van der Waals surface area contributed by atoms with Crippen LogP contribution in [-0.4, -0.2) is 349 Å². The molecule has 7 heterocycles. The number of aliphatic hydroxyl groups is 18. The zero-order valence-electron chi connectivity index (χ0n) is 46.0. The van der Waals surface area contributed by atoms with E-state index < -0.39 is 276 Å². The molecular formula is C49H84INO33. The van der Waals surface area contributed by atoms with E-state index in [1.165, 1.54) is 13.8 Å². The lowest BCUT2D eigenvalue weighted by Gasteiger charge is -2.51. The van der Waals surface area contributed by atoms with Crippen LogP contribution in [-0.2, 0) is 66.4 Å². The van der Waals surface area contributed by atoms with Crippen molar-refractivity contribution in [3.05, 3.63) is 0 Å². The quantitative estimate of drug-likeness (QED) is 0.0353. The van der Waals surface area contributed by atoms with Crippen molar-refractivity contribution >= 4 is 28.6 Å². The van der Waals surface area contributed by atoms with Crippen molar-refractivity contribution in [1.29, 1.82) is 0 Å². The van der Waals surface area contributed by atoms with Crippen LogP contribution in [0.15, 0.2) is 0 Å². The number of halogens is 1. The van der Waals surface area contributed by atoms with Crippen LogP contribution in [0.3, 0.4) is 0 Å². The molecule has 36 atom stereocenters. The summed E-state index contributed by atoms with van der Waals surface area (Å²) in [5.74, 6) is -7.60. The van der Waals surface area contributed by atoms with Gasteiger partial charge in [0.25, 0.3) is 5.79 Å². The average molecular weight is 1340 g/mol. The number of rotatable bonds is 22. The molecule has 7 rings (SSSR count). The monoisotopic (exact) mass is 1340 g/mol. The molecule has 7 aliphatic rings. The predicted molar refractivity (Wildman–Crippen MR) is 276 cm³/mol. The van der Waals surface area contributed by atoms with Gasteiger partial charge in [0.1, 0.15) is 116 Å². The summed E-state index contributed by atoms with van der Waals surface area (Å²) in [6.45, 7) is 0.0984. The summed E-state index contributed by atoms with van der Waals surface area (Å²) in [7, 11) is 0. The number of carboxylic acids is 1. The summed E-state index contributed by atoms with van der Waals surface area (Å²) in [5, 5.41) is 206. The molecule has 0 amide bonds. The molecular weight excluding hydrogens is 1260 g/mol. The minimum atomic E-state index is -2.93. The maximum atomic E-state index is 12.9. The first-order valence-electron chi connectivity index (χ1n) is 27.6. The number of ether oxygens (including phenoxy) is 13. The lowest BCUT2D eigenvalue weighted by atomic mass is 9.88. The molecule has 21 N–H and O–H groups in total. The normalized spacial score (nSPS) is 51.3. The van der Waals surface area contributed by atoms with Crippen molar-refractivity contribution in [2.45, 2.75) is 234 Å². The SMILES string of the molecule is C[C@@H]1OC(CO)[C@@H](O[C@@H]2OC(CO)[C@@H](O[C@@H]3OC(CO)[C@@H](O)[C@H](O[C@H]4O[C@H](CO)[C@@H](O)C(O)C4O[C@@H]4OC(CO)[C@H](O[C@@H]5OC(CO)[C@H](I)C(O[C@]6(C(=O)O)C[C@@H](O)[C@@H](N)C(C(O)C(O)CO)O6)[C@@H]5O)C(O)[C@@H]4C)C3O)C(O)[C@@H]2C)C(O)[C@@H]1C. The number of aliphatic carboxylic acids is 1. The second kappa shape index (κ2) is 29.9. The van der Waals surface area contributed by atoms with E-state index in [0.29, 0.717) is 0 Å². The van der Waals surface area contributed by atoms with Crippen LogP contribution in [0.4, 0.5) is 0 Å². The van der Waals surface area contributed by atoms with Gasteiger partial charge in [0.15, 0.2) is 31.5 Å². The van der Waals surface area contributed by atoms with Crippen molar-refractivity contribution < 1.29 is 163 Å². The van der Waals surface area contributed by atoms with Crippen LogP contribution in [0.25, 0.3) is 0 Å². The molecule has 84 heavy (non-hydrogen) atoms. The Labute approximate surface area is 494 Å². The van der Waals surface area contributed by atoms with Gasteiger partial charge < -0.3 is 164 Å². The molecule has 0 aromatic heterocycles. The Kier molecular flexibility index (Phi) is 25.1. The van der Waals surface area contributed by atoms with Crippen molar-refractivity contribution in [1.82, 2.24) is 0 Å². The number of carboxylic acid groups (broad SMARTS) is 1. The van der Waals surface area contributed by atoms with E-state index in [9.17, 15) is 102 Å². The Bertz CT molecular complexity index is 2050. The summed E-state index contributed by atoms with van der Waals surface area (Å²) in [5.41, 5.74) is 6.00. The van der Waals surface area contributed by atoms with Gasteiger partial charge >= 0.3 is 5.97 Å². The highest BCUT2D eigenvalue weighted by Gasteiger charge is 2.61. The van der Waals surface area contributed by atoms with Crippen molar-refractivity contribution in [2.24, 2.45) is 23.5 Å². The molecule has 0 aliphatic carbocycles. The first-order valence-corrected chi connectivity index (χ1v) is 28.9. The van der Waals surface area contributed by atoms with E-state index in [1.54, 1.807) is 36.4 Å². The lowest BCUT2D eigenvalue weighted by Crippen LogP contribution is -2.69. The van der Waals surface area contributed by atoms with Crippen LogP contribution < -0.4 is 5.73 Å². The molecule has 0 saturated carbocycles. The van der Waals surface area contributed by atoms with Gasteiger partial charge in [-0.3, -0.25) is 0 Å². The van der Waals surface area contributed by atoms with E-state index >= 15 is 0 Å².